The van der Waals surface area contributed by atoms with E-state index in [0.29, 0.717) is 0 Å². The first-order chi connectivity index (χ1) is 8.95. The summed E-state index contributed by atoms with van der Waals surface area (Å²) in [5.41, 5.74) is -0.529. The van der Waals surface area contributed by atoms with Crippen molar-refractivity contribution in [3.63, 3.8) is 0 Å². The first-order valence-corrected chi connectivity index (χ1v) is 7.93. The maximum Gasteiger partial charge on any atom is 0.257 e. The molecular formula is C13H16BrF2NOS. The fourth-order valence-electron chi connectivity index (χ4n) is 1.53. The molecule has 0 heterocycles. The number of rotatable bonds is 6. The molecule has 0 aliphatic heterocycles. The lowest BCUT2D eigenvalue weighted by Crippen LogP contribution is -2.34. The van der Waals surface area contributed by atoms with Crippen LogP contribution < -0.4 is 5.32 Å². The van der Waals surface area contributed by atoms with Crippen LogP contribution in [0.2, 0.25) is 0 Å². The van der Waals surface area contributed by atoms with Gasteiger partial charge < -0.3 is 5.32 Å². The lowest BCUT2D eigenvalue weighted by Gasteiger charge is -2.14. The second kappa shape index (κ2) is 7.85. The van der Waals surface area contributed by atoms with Crippen molar-refractivity contribution in [3.8, 4) is 0 Å². The van der Waals surface area contributed by atoms with E-state index in [2.05, 4.69) is 28.2 Å². The van der Waals surface area contributed by atoms with Gasteiger partial charge in [-0.05, 0) is 37.0 Å². The van der Waals surface area contributed by atoms with Gasteiger partial charge >= 0.3 is 0 Å². The summed E-state index contributed by atoms with van der Waals surface area (Å²) in [6, 6.07) is 2.04. The van der Waals surface area contributed by atoms with Crippen LogP contribution in [0.1, 0.15) is 30.6 Å². The van der Waals surface area contributed by atoms with Crippen molar-refractivity contribution in [2.45, 2.75) is 26.3 Å². The fourth-order valence-corrected chi connectivity index (χ4v) is 2.74. The summed E-state index contributed by atoms with van der Waals surface area (Å²) >= 11 is 4.74. The Balaban J connectivity index is 2.68. The zero-order chi connectivity index (χ0) is 14.4. The lowest BCUT2D eigenvalue weighted by atomic mass is 10.1. The molecule has 6 heteroatoms. The van der Waals surface area contributed by atoms with E-state index in [1.165, 1.54) is 0 Å². The van der Waals surface area contributed by atoms with Gasteiger partial charge in [-0.25, -0.2) is 8.78 Å². The number of benzene rings is 1. The first kappa shape index (κ1) is 16.4. The molecule has 0 saturated carbocycles. The molecule has 106 valence electrons. The largest absolute Gasteiger partial charge is 0.349 e. The fraction of sp³-hybridized carbons (Fsp3) is 0.462. The van der Waals surface area contributed by atoms with Crippen molar-refractivity contribution in [1.82, 2.24) is 5.32 Å². The average Bonchev–Trinajstić information content (AvgIpc) is 2.27. The Hall–Kier alpha value is -0.620. The van der Waals surface area contributed by atoms with Gasteiger partial charge in [-0.1, -0.05) is 22.9 Å². The minimum atomic E-state index is -0.862. The zero-order valence-electron chi connectivity index (χ0n) is 10.8. The van der Waals surface area contributed by atoms with Gasteiger partial charge in [0.05, 0.1) is 0 Å². The Kier molecular flexibility index (Phi) is 6.79. The molecule has 19 heavy (non-hydrogen) atoms. The van der Waals surface area contributed by atoms with E-state index in [1.807, 2.05) is 6.92 Å². The third-order valence-corrected chi connectivity index (χ3v) is 3.90. The summed E-state index contributed by atoms with van der Waals surface area (Å²) in [5, 5.41) is 2.61. The lowest BCUT2D eigenvalue weighted by molar-refractivity contribution is 0.0931. The molecule has 1 atom stereocenters. The van der Waals surface area contributed by atoms with Gasteiger partial charge in [0.1, 0.15) is 17.2 Å². The number of carbonyl (C=O) groups excluding carboxylic acids is 1. The van der Waals surface area contributed by atoms with Crippen molar-refractivity contribution in [2.24, 2.45) is 0 Å². The van der Waals surface area contributed by atoms with E-state index < -0.39 is 23.1 Å². The number of amides is 1. The second-order valence-electron chi connectivity index (χ2n) is 4.10. The van der Waals surface area contributed by atoms with Gasteiger partial charge in [-0.2, -0.15) is 11.8 Å². The maximum absolute atomic E-state index is 13.6. The summed E-state index contributed by atoms with van der Waals surface area (Å²) in [7, 11) is 0. The number of halogens is 3. The molecular weight excluding hydrogens is 336 g/mol. The smallest absolute Gasteiger partial charge is 0.257 e. The second-order valence-corrected chi connectivity index (χ2v) is 6.41. The van der Waals surface area contributed by atoms with Gasteiger partial charge in [0, 0.05) is 10.5 Å². The van der Waals surface area contributed by atoms with Crippen molar-refractivity contribution in [3.05, 3.63) is 33.8 Å². The van der Waals surface area contributed by atoms with Crippen molar-refractivity contribution >= 4 is 33.6 Å². The van der Waals surface area contributed by atoms with Gasteiger partial charge in [0.2, 0.25) is 0 Å². The highest BCUT2D eigenvalue weighted by atomic mass is 79.9. The highest BCUT2D eigenvalue weighted by molar-refractivity contribution is 9.10. The van der Waals surface area contributed by atoms with Gasteiger partial charge in [0.15, 0.2) is 0 Å². The Morgan fingerprint density at radius 2 is 2.00 bits per heavy atom. The summed E-state index contributed by atoms with van der Waals surface area (Å²) in [4.78, 5) is 11.8. The molecule has 1 unspecified atom stereocenters. The summed E-state index contributed by atoms with van der Waals surface area (Å²) in [5.74, 6) is -0.518. The predicted molar refractivity (Wildman–Crippen MR) is 78.6 cm³/mol. The standard InChI is InChI=1S/C13H16BrF2NOS/c1-3-19-5-4-8(2)17-13(18)12-10(15)6-9(14)7-11(12)16/h6-8H,3-5H2,1-2H3,(H,17,18). The van der Waals surface area contributed by atoms with E-state index in [-0.39, 0.29) is 10.5 Å². The number of hydrogen-bond acceptors (Lipinski definition) is 2. The average molecular weight is 352 g/mol. The van der Waals surface area contributed by atoms with Crippen LogP contribution >= 0.6 is 27.7 Å². The molecule has 0 aliphatic carbocycles. The van der Waals surface area contributed by atoms with Crippen LogP contribution in [0.5, 0.6) is 0 Å². The molecule has 1 aromatic rings. The molecule has 1 N–H and O–H groups in total. The minimum Gasteiger partial charge on any atom is -0.349 e. The van der Waals surface area contributed by atoms with Crippen LogP contribution in [0, 0.1) is 11.6 Å². The zero-order valence-corrected chi connectivity index (χ0v) is 13.2. The summed E-state index contributed by atoms with van der Waals surface area (Å²) in [6.07, 6.45) is 0.768. The predicted octanol–water partition coefficient (Wildman–Crippen LogP) is 3.99. The normalized spacial score (nSPS) is 12.3. The van der Waals surface area contributed by atoms with Crippen LogP contribution in [-0.2, 0) is 0 Å². The molecule has 0 bridgehead atoms. The van der Waals surface area contributed by atoms with Crippen LogP contribution in [0.25, 0.3) is 0 Å². The maximum atomic E-state index is 13.6. The molecule has 0 fully saturated rings. The third kappa shape index (κ3) is 5.10. The monoisotopic (exact) mass is 351 g/mol. The van der Waals surface area contributed by atoms with Crippen LogP contribution in [0.3, 0.4) is 0 Å². The Labute approximate surface area is 124 Å². The van der Waals surface area contributed by atoms with Gasteiger partial charge in [-0.15, -0.1) is 0 Å². The molecule has 0 radical (unpaired) electrons. The van der Waals surface area contributed by atoms with E-state index in [9.17, 15) is 13.6 Å². The summed E-state index contributed by atoms with van der Waals surface area (Å²) in [6.45, 7) is 3.88. The molecule has 0 aliphatic rings. The number of carbonyl (C=O) groups is 1. The van der Waals surface area contributed by atoms with Crippen molar-refractivity contribution in [1.29, 1.82) is 0 Å². The molecule has 0 spiro atoms. The first-order valence-electron chi connectivity index (χ1n) is 5.98. The SMILES string of the molecule is CCSCCC(C)NC(=O)c1c(F)cc(Br)cc1F. The van der Waals surface area contributed by atoms with E-state index in [0.717, 1.165) is 30.1 Å². The number of hydrogen-bond donors (Lipinski definition) is 1. The Morgan fingerprint density at radius 3 is 2.53 bits per heavy atom. The quantitative estimate of drug-likeness (QED) is 0.785. The number of nitrogens with one attached hydrogen (secondary N) is 1. The Bertz CT molecular complexity index is 433. The molecule has 0 aromatic heterocycles. The topological polar surface area (TPSA) is 29.1 Å². The molecule has 0 saturated heterocycles. The van der Waals surface area contributed by atoms with Crippen LogP contribution in [0.4, 0.5) is 8.78 Å². The minimum absolute atomic E-state index is 0.117. The highest BCUT2D eigenvalue weighted by Gasteiger charge is 2.19. The van der Waals surface area contributed by atoms with E-state index in [4.69, 9.17) is 0 Å². The summed E-state index contributed by atoms with van der Waals surface area (Å²) < 4.78 is 27.4. The van der Waals surface area contributed by atoms with E-state index >= 15 is 0 Å². The third-order valence-electron chi connectivity index (χ3n) is 2.51. The van der Waals surface area contributed by atoms with Crippen molar-refractivity contribution < 1.29 is 13.6 Å². The molecule has 2 nitrogen and oxygen atoms in total. The van der Waals surface area contributed by atoms with Crippen molar-refractivity contribution in [2.75, 3.05) is 11.5 Å². The van der Waals surface area contributed by atoms with E-state index in [1.54, 1.807) is 11.8 Å². The van der Waals surface area contributed by atoms with Gasteiger partial charge in [0.25, 0.3) is 5.91 Å². The van der Waals surface area contributed by atoms with Crippen LogP contribution in [-0.4, -0.2) is 23.5 Å². The number of thioether (sulfide) groups is 1. The molecule has 1 rings (SSSR count). The Morgan fingerprint density at radius 1 is 1.42 bits per heavy atom. The highest BCUT2D eigenvalue weighted by Crippen LogP contribution is 2.19. The van der Waals surface area contributed by atoms with Gasteiger partial charge in [-0.3, -0.25) is 4.79 Å². The molecule has 1 aromatic carbocycles. The van der Waals surface area contributed by atoms with Crippen LogP contribution in [0.15, 0.2) is 16.6 Å². The molecule has 1 amide bonds.